The number of benzene rings is 1. The number of amides is 1. The molecule has 0 radical (unpaired) electrons. The average Bonchev–Trinajstić information content (AvgIpc) is 3.31. The Morgan fingerprint density at radius 1 is 1.28 bits per heavy atom. The van der Waals surface area contributed by atoms with Gasteiger partial charge in [0.25, 0.3) is 5.91 Å². The van der Waals surface area contributed by atoms with Gasteiger partial charge in [-0.15, -0.1) is 5.10 Å². The van der Waals surface area contributed by atoms with Gasteiger partial charge in [0.2, 0.25) is 5.82 Å². The van der Waals surface area contributed by atoms with Gasteiger partial charge in [-0.2, -0.15) is 0 Å². The highest BCUT2D eigenvalue weighted by molar-refractivity contribution is 5.88. The van der Waals surface area contributed by atoms with Crippen LogP contribution >= 0.6 is 0 Å². The Balaban J connectivity index is 1.50. The Labute approximate surface area is 166 Å². The zero-order valence-corrected chi connectivity index (χ0v) is 15.6. The van der Waals surface area contributed by atoms with Crippen LogP contribution in [0.2, 0.25) is 0 Å². The molecule has 29 heavy (non-hydrogen) atoms. The lowest BCUT2D eigenvalue weighted by Gasteiger charge is -2.17. The van der Waals surface area contributed by atoms with Crippen molar-refractivity contribution in [3.05, 3.63) is 48.0 Å². The van der Waals surface area contributed by atoms with Gasteiger partial charge in [0.1, 0.15) is 31.2 Å². The molecule has 1 aromatic heterocycles. The molecule has 156 valence electrons. The molecule has 1 amide bonds. The Morgan fingerprint density at radius 2 is 2.00 bits per heavy atom. The van der Waals surface area contributed by atoms with Gasteiger partial charge in [0.15, 0.2) is 12.3 Å². The summed E-state index contributed by atoms with van der Waals surface area (Å²) in [4.78, 5) is 26.9. The van der Waals surface area contributed by atoms with Crippen molar-refractivity contribution in [2.24, 2.45) is 5.73 Å². The SMILES string of the molecule is CC(OCc1ccccc1)C(=O)OC[C@H]1O[C@@H](n2cnc(C(N)=O)n2)C(O)C1O. The summed E-state index contributed by atoms with van der Waals surface area (Å²) in [6.45, 7) is 1.49. The molecular formula is C18H22N4O7. The molecule has 1 aromatic carbocycles. The highest BCUT2D eigenvalue weighted by atomic mass is 16.6. The Morgan fingerprint density at radius 3 is 2.66 bits per heavy atom. The van der Waals surface area contributed by atoms with Crippen LogP contribution in [0.3, 0.4) is 0 Å². The van der Waals surface area contributed by atoms with Crippen molar-refractivity contribution >= 4 is 11.9 Å². The van der Waals surface area contributed by atoms with E-state index in [1.807, 2.05) is 30.3 Å². The highest BCUT2D eigenvalue weighted by Gasteiger charge is 2.45. The standard InChI is InChI=1S/C18H22N4O7/c1-10(27-7-11-5-3-2-4-6-11)18(26)28-8-12-13(23)14(24)17(29-12)22-9-20-16(21-22)15(19)25/h2-6,9-10,12-14,17,23-24H,7-8H2,1H3,(H2,19,25)/t10?,12-,13?,14?,17-/m1/s1. The van der Waals surface area contributed by atoms with Crippen molar-refractivity contribution in [3.8, 4) is 0 Å². The minimum absolute atomic E-state index is 0.245. The first-order chi connectivity index (χ1) is 13.9. The summed E-state index contributed by atoms with van der Waals surface area (Å²) in [5.41, 5.74) is 6.00. The van der Waals surface area contributed by atoms with Gasteiger partial charge >= 0.3 is 5.97 Å². The lowest BCUT2D eigenvalue weighted by Crippen LogP contribution is -2.35. The average molecular weight is 406 g/mol. The van der Waals surface area contributed by atoms with Crippen molar-refractivity contribution in [2.45, 2.75) is 44.2 Å². The van der Waals surface area contributed by atoms with E-state index in [-0.39, 0.29) is 19.0 Å². The molecule has 3 rings (SSSR count). The van der Waals surface area contributed by atoms with Gasteiger partial charge in [-0.3, -0.25) is 4.79 Å². The molecule has 0 saturated carbocycles. The van der Waals surface area contributed by atoms with Crippen molar-refractivity contribution in [3.63, 3.8) is 0 Å². The van der Waals surface area contributed by atoms with E-state index < -0.39 is 42.5 Å². The first kappa shape index (κ1) is 20.9. The van der Waals surface area contributed by atoms with Crippen LogP contribution in [0.5, 0.6) is 0 Å². The zero-order chi connectivity index (χ0) is 21.0. The second-order valence-electron chi connectivity index (χ2n) is 6.53. The number of nitrogens with two attached hydrogens (primary N) is 1. The van der Waals surface area contributed by atoms with Crippen LogP contribution in [0.15, 0.2) is 36.7 Å². The summed E-state index contributed by atoms with van der Waals surface area (Å²) in [5, 5.41) is 24.1. The molecule has 5 atom stereocenters. The quantitative estimate of drug-likeness (QED) is 0.474. The highest BCUT2D eigenvalue weighted by Crippen LogP contribution is 2.29. The maximum atomic E-state index is 12.1. The topological polar surface area (TPSA) is 159 Å². The lowest BCUT2D eigenvalue weighted by molar-refractivity contribution is -0.163. The fraction of sp³-hybridized carbons (Fsp3) is 0.444. The molecule has 1 aliphatic heterocycles. The van der Waals surface area contributed by atoms with Crippen LogP contribution in [0.25, 0.3) is 0 Å². The summed E-state index contributed by atoms with van der Waals surface area (Å²) in [5.74, 6) is -1.73. The number of aliphatic hydroxyl groups excluding tert-OH is 2. The summed E-state index contributed by atoms with van der Waals surface area (Å²) in [6.07, 6.45) is -4.50. The van der Waals surface area contributed by atoms with E-state index in [9.17, 15) is 19.8 Å². The normalized spacial score (nSPS) is 24.9. The van der Waals surface area contributed by atoms with E-state index in [2.05, 4.69) is 10.1 Å². The third kappa shape index (κ3) is 4.95. The van der Waals surface area contributed by atoms with E-state index in [1.54, 1.807) is 6.92 Å². The number of carbonyl (C=O) groups is 2. The van der Waals surface area contributed by atoms with E-state index >= 15 is 0 Å². The first-order valence-corrected chi connectivity index (χ1v) is 8.91. The minimum Gasteiger partial charge on any atom is -0.461 e. The number of hydrogen-bond acceptors (Lipinski definition) is 9. The number of rotatable bonds is 8. The molecule has 1 saturated heterocycles. The van der Waals surface area contributed by atoms with E-state index in [1.165, 1.54) is 0 Å². The van der Waals surface area contributed by atoms with Crippen molar-refractivity contribution in [1.82, 2.24) is 14.8 Å². The van der Waals surface area contributed by atoms with Gasteiger partial charge < -0.3 is 30.2 Å². The van der Waals surface area contributed by atoms with Crippen LogP contribution in [0.1, 0.15) is 29.3 Å². The molecule has 4 N–H and O–H groups in total. The molecular weight excluding hydrogens is 384 g/mol. The van der Waals surface area contributed by atoms with E-state index in [0.29, 0.717) is 0 Å². The lowest BCUT2D eigenvalue weighted by atomic mass is 10.1. The fourth-order valence-electron chi connectivity index (χ4n) is 2.74. The fourth-order valence-corrected chi connectivity index (χ4v) is 2.74. The van der Waals surface area contributed by atoms with Crippen LogP contribution in [0, 0.1) is 0 Å². The predicted octanol–water partition coefficient (Wildman–Crippen LogP) is -0.855. The molecule has 1 aliphatic rings. The molecule has 1 fully saturated rings. The summed E-state index contributed by atoms with van der Waals surface area (Å²) in [7, 11) is 0. The minimum atomic E-state index is -1.37. The summed E-state index contributed by atoms with van der Waals surface area (Å²) < 4.78 is 17.2. The number of nitrogens with zero attached hydrogens (tertiary/aromatic N) is 3. The zero-order valence-electron chi connectivity index (χ0n) is 15.6. The van der Waals surface area contributed by atoms with Gasteiger partial charge in [-0.1, -0.05) is 30.3 Å². The summed E-state index contributed by atoms with van der Waals surface area (Å²) >= 11 is 0. The third-order valence-corrected chi connectivity index (χ3v) is 4.39. The maximum absolute atomic E-state index is 12.1. The van der Waals surface area contributed by atoms with Gasteiger partial charge in [0.05, 0.1) is 6.61 Å². The molecule has 0 bridgehead atoms. The molecule has 11 nitrogen and oxygen atoms in total. The molecule has 11 heteroatoms. The molecule has 0 aliphatic carbocycles. The monoisotopic (exact) mass is 406 g/mol. The molecule has 2 heterocycles. The largest absolute Gasteiger partial charge is 0.461 e. The maximum Gasteiger partial charge on any atom is 0.335 e. The number of aromatic nitrogens is 3. The smallest absolute Gasteiger partial charge is 0.335 e. The van der Waals surface area contributed by atoms with Crippen LogP contribution in [0.4, 0.5) is 0 Å². The molecule has 2 aromatic rings. The molecule has 0 spiro atoms. The van der Waals surface area contributed by atoms with Crippen molar-refractivity contribution in [2.75, 3.05) is 6.61 Å². The number of primary amides is 1. The van der Waals surface area contributed by atoms with E-state index in [0.717, 1.165) is 16.6 Å². The van der Waals surface area contributed by atoms with Crippen LogP contribution in [-0.4, -0.2) is 67.9 Å². The number of aliphatic hydroxyl groups is 2. The van der Waals surface area contributed by atoms with Crippen molar-refractivity contribution in [1.29, 1.82) is 0 Å². The van der Waals surface area contributed by atoms with E-state index in [4.69, 9.17) is 19.9 Å². The Hall–Kier alpha value is -2.86. The van der Waals surface area contributed by atoms with Gasteiger partial charge in [-0.25, -0.2) is 14.5 Å². The predicted molar refractivity (Wildman–Crippen MR) is 96.1 cm³/mol. The second-order valence-corrected chi connectivity index (χ2v) is 6.53. The number of esters is 1. The Kier molecular flexibility index (Phi) is 6.54. The third-order valence-electron chi connectivity index (χ3n) is 4.39. The second kappa shape index (κ2) is 9.09. The molecule has 3 unspecified atom stereocenters. The van der Waals surface area contributed by atoms with Crippen LogP contribution < -0.4 is 5.73 Å². The number of ether oxygens (including phenoxy) is 3. The first-order valence-electron chi connectivity index (χ1n) is 8.91. The Bertz CT molecular complexity index is 844. The number of carbonyl (C=O) groups excluding carboxylic acids is 2. The van der Waals surface area contributed by atoms with Crippen LogP contribution in [-0.2, 0) is 25.6 Å². The van der Waals surface area contributed by atoms with Gasteiger partial charge in [-0.05, 0) is 12.5 Å². The summed E-state index contributed by atoms with van der Waals surface area (Å²) in [6, 6.07) is 9.35. The number of hydrogen-bond donors (Lipinski definition) is 3. The van der Waals surface area contributed by atoms with Crippen molar-refractivity contribution < 1.29 is 34.0 Å². The van der Waals surface area contributed by atoms with Gasteiger partial charge in [0, 0.05) is 0 Å².